The van der Waals surface area contributed by atoms with Crippen molar-refractivity contribution in [2.75, 3.05) is 0 Å². The van der Waals surface area contributed by atoms with Gasteiger partial charge >= 0.3 is 5.69 Å². The Kier molecular flexibility index (Phi) is 2.41. The molecule has 1 rings (SSSR count). The van der Waals surface area contributed by atoms with Gasteiger partial charge in [0.05, 0.1) is 4.92 Å². The predicted octanol–water partition coefficient (Wildman–Crippen LogP) is 0.932. The molecule has 70 valence electrons. The number of hydrogen-bond donors (Lipinski definition) is 0. The van der Waals surface area contributed by atoms with Crippen LogP contribution in [0, 0.1) is 17.0 Å². The molecule has 6 heteroatoms. The molecule has 1 heterocycles. The molecule has 0 spiro atoms. The van der Waals surface area contributed by atoms with Gasteiger partial charge in [-0.15, -0.1) is 0 Å². The first kappa shape index (κ1) is 9.37. The molecule has 0 bridgehead atoms. The highest BCUT2D eigenvalue weighted by Gasteiger charge is 2.23. The number of nitrogens with zero attached hydrogens (tertiary/aromatic N) is 3. The van der Waals surface area contributed by atoms with Crippen molar-refractivity contribution in [1.29, 1.82) is 0 Å². The van der Waals surface area contributed by atoms with Gasteiger partial charge < -0.3 is 0 Å². The van der Waals surface area contributed by atoms with Crippen molar-refractivity contribution in [3.63, 3.8) is 0 Å². The summed E-state index contributed by atoms with van der Waals surface area (Å²) in [5, 5.41) is 14.4. The zero-order valence-electron chi connectivity index (χ0n) is 7.35. The van der Waals surface area contributed by atoms with E-state index in [1.807, 2.05) is 0 Å². The van der Waals surface area contributed by atoms with E-state index in [-0.39, 0.29) is 17.1 Å². The molecule has 0 amide bonds. The quantitative estimate of drug-likeness (QED) is 0.396. The molecule has 0 saturated heterocycles. The average Bonchev–Trinajstić information content (AvgIpc) is 2.41. The number of aldehydes is 1. The number of rotatable bonds is 3. The lowest BCUT2D eigenvalue weighted by atomic mass is 10.3. The Bertz CT molecular complexity index is 356. The number of hydrogen-bond acceptors (Lipinski definition) is 4. The molecular weight excluding hydrogens is 174 g/mol. The molecule has 13 heavy (non-hydrogen) atoms. The van der Waals surface area contributed by atoms with Gasteiger partial charge in [0.25, 0.3) is 0 Å². The van der Waals surface area contributed by atoms with Crippen LogP contribution in [-0.2, 0) is 6.54 Å². The monoisotopic (exact) mass is 183 g/mol. The Morgan fingerprint density at radius 2 is 2.31 bits per heavy atom. The zero-order chi connectivity index (χ0) is 10.0. The summed E-state index contributed by atoms with van der Waals surface area (Å²) in [6, 6.07) is 0. The summed E-state index contributed by atoms with van der Waals surface area (Å²) >= 11 is 0. The van der Waals surface area contributed by atoms with Crippen molar-refractivity contribution in [3.05, 3.63) is 21.5 Å². The van der Waals surface area contributed by atoms with Crippen LogP contribution in [0.5, 0.6) is 0 Å². The number of aryl methyl sites for hydroxylation is 2. The summed E-state index contributed by atoms with van der Waals surface area (Å²) in [5.41, 5.74) is 0.107. The fraction of sp³-hybridized carbons (Fsp3) is 0.429. The van der Waals surface area contributed by atoms with Crippen LogP contribution in [0.15, 0.2) is 0 Å². The molecule has 6 nitrogen and oxygen atoms in total. The number of carbonyl (C=O) groups excluding carboxylic acids is 1. The summed E-state index contributed by atoms with van der Waals surface area (Å²) in [6.45, 7) is 3.73. The van der Waals surface area contributed by atoms with Gasteiger partial charge in [-0.3, -0.25) is 19.6 Å². The molecule has 0 radical (unpaired) electrons. The molecule has 0 aliphatic heterocycles. The SMILES string of the molecule is CCn1nc(C)c([N+](=O)[O-])c1C=O. The molecule has 0 aliphatic rings. The third-order valence-electron chi connectivity index (χ3n) is 1.73. The summed E-state index contributed by atoms with van der Waals surface area (Å²) in [5.74, 6) is 0. The zero-order valence-corrected chi connectivity index (χ0v) is 7.35. The van der Waals surface area contributed by atoms with Crippen molar-refractivity contribution in [2.45, 2.75) is 20.4 Å². The van der Waals surface area contributed by atoms with Crippen molar-refractivity contribution in [2.24, 2.45) is 0 Å². The standard InChI is InChI=1S/C7H9N3O3/c1-3-9-6(4-11)7(10(12)13)5(2)8-9/h4H,3H2,1-2H3. The maximum absolute atomic E-state index is 10.6. The van der Waals surface area contributed by atoms with Crippen LogP contribution >= 0.6 is 0 Å². The number of nitro groups is 1. The van der Waals surface area contributed by atoms with Gasteiger partial charge in [-0.05, 0) is 13.8 Å². The van der Waals surface area contributed by atoms with Gasteiger partial charge in [0.1, 0.15) is 5.69 Å². The van der Waals surface area contributed by atoms with E-state index in [2.05, 4.69) is 5.10 Å². The predicted molar refractivity (Wildman–Crippen MR) is 44.7 cm³/mol. The first-order valence-electron chi connectivity index (χ1n) is 3.78. The molecule has 1 aromatic heterocycles. The lowest BCUT2D eigenvalue weighted by Crippen LogP contribution is -2.02. The van der Waals surface area contributed by atoms with Gasteiger partial charge in [0.15, 0.2) is 12.0 Å². The lowest BCUT2D eigenvalue weighted by Gasteiger charge is -1.94. The van der Waals surface area contributed by atoms with E-state index in [9.17, 15) is 14.9 Å². The second-order valence-corrected chi connectivity index (χ2v) is 2.51. The minimum atomic E-state index is -0.585. The highest BCUT2D eigenvalue weighted by molar-refractivity contribution is 5.79. The topological polar surface area (TPSA) is 78.0 Å². The maximum atomic E-state index is 10.6. The molecular formula is C7H9N3O3. The van der Waals surface area contributed by atoms with Crippen LogP contribution in [0.2, 0.25) is 0 Å². The lowest BCUT2D eigenvalue weighted by molar-refractivity contribution is -0.385. The number of carbonyl (C=O) groups is 1. The van der Waals surface area contributed by atoms with E-state index < -0.39 is 4.92 Å². The fourth-order valence-electron chi connectivity index (χ4n) is 1.17. The van der Waals surface area contributed by atoms with Crippen LogP contribution in [0.3, 0.4) is 0 Å². The van der Waals surface area contributed by atoms with Gasteiger partial charge in [-0.25, -0.2) is 0 Å². The first-order valence-corrected chi connectivity index (χ1v) is 3.78. The minimum absolute atomic E-state index is 0.0324. The van der Waals surface area contributed by atoms with Crippen molar-refractivity contribution >= 4 is 12.0 Å². The summed E-state index contributed by atoms with van der Waals surface area (Å²) in [6.07, 6.45) is 0.460. The van der Waals surface area contributed by atoms with E-state index >= 15 is 0 Å². The third kappa shape index (κ3) is 1.42. The van der Waals surface area contributed by atoms with Gasteiger partial charge in [0.2, 0.25) is 0 Å². The molecule has 0 unspecified atom stereocenters. The Morgan fingerprint density at radius 3 is 2.69 bits per heavy atom. The molecule has 0 aromatic carbocycles. The largest absolute Gasteiger partial charge is 0.320 e. The molecule has 0 fully saturated rings. The van der Waals surface area contributed by atoms with Gasteiger partial charge in [-0.2, -0.15) is 5.10 Å². The van der Waals surface area contributed by atoms with Crippen LogP contribution in [0.4, 0.5) is 5.69 Å². The van der Waals surface area contributed by atoms with Gasteiger partial charge in [-0.1, -0.05) is 0 Å². The van der Waals surface area contributed by atoms with Gasteiger partial charge in [0, 0.05) is 6.54 Å². The van der Waals surface area contributed by atoms with Crippen LogP contribution in [0.25, 0.3) is 0 Å². The molecule has 0 atom stereocenters. The Hall–Kier alpha value is -1.72. The average molecular weight is 183 g/mol. The molecule has 0 aliphatic carbocycles. The second kappa shape index (κ2) is 3.34. The summed E-state index contributed by atoms with van der Waals surface area (Å²) in [4.78, 5) is 20.5. The molecule has 0 N–H and O–H groups in total. The Labute approximate surface area is 74.3 Å². The van der Waals surface area contributed by atoms with Crippen LogP contribution in [0.1, 0.15) is 23.1 Å². The van der Waals surface area contributed by atoms with Crippen molar-refractivity contribution in [3.8, 4) is 0 Å². The molecule has 0 saturated carbocycles. The van der Waals surface area contributed by atoms with E-state index in [0.717, 1.165) is 0 Å². The smallest absolute Gasteiger partial charge is 0.296 e. The minimum Gasteiger partial charge on any atom is -0.296 e. The molecule has 1 aromatic rings. The van der Waals surface area contributed by atoms with Crippen molar-refractivity contribution < 1.29 is 9.72 Å². The highest BCUT2D eigenvalue weighted by Crippen LogP contribution is 2.20. The van der Waals surface area contributed by atoms with E-state index in [0.29, 0.717) is 12.8 Å². The Balaban J connectivity index is 3.39. The number of aromatic nitrogens is 2. The van der Waals surface area contributed by atoms with E-state index in [1.165, 1.54) is 11.6 Å². The van der Waals surface area contributed by atoms with E-state index in [4.69, 9.17) is 0 Å². The maximum Gasteiger partial charge on any atom is 0.320 e. The second-order valence-electron chi connectivity index (χ2n) is 2.51. The normalized spacial score (nSPS) is 10.0. The van der Waals surface area contributed by atoms with Crippen molar-refractivity contribution in [1.82, 2.24) is 9.78 Å². The van der Waals surface area contributed by atoms with E-state index in [1.54, 1.807) is 6.92 Å². The fourth-order valence-corrected chi connectivity index (χ4v) is 1.17. The van der Waals surface area contributed by atoms with Crippen LogP contribution in [-0.4, -0.2) is 21.0 Å². The summed E-state index contributed by atoms with van der Waals surface area (Å²) < 4.78 is 1.32. The first-order chi connectivity index (χ1) is 6.11. The highest BCUT2D eigenvalue weighted by atomic mass is 16.6. The van der Waals surface area contributed by atoms with Crippen LogP contribution < -0.4 is 0 Å². The summed E-state index contributed by atoms with van der Waals surface area (Å²) in [7, 11) is 0. The Morgan fingerprint density at radius 1 is 1.69 bits per heavy atom. The third-order valence-corrected chi connectivity index (χ3v) is 1.73.